The van der Waals surface area contributed by atoms with Crippen LogP contribution in [0.4, 0.5) is 0 Å². The van der Waals surface area contributed by atoms with Gasteiger partial charge in [0.2, 0.25) is 0 Å². The van der Waals surface area contributed by atoms with Gasteiger partial charge in [0, 0.05) is 13.5 Å². The van der Waals surface area contributed by atoms with Crippen LogP contribution in [0.5, 0.6) is 5.75 Å². The Labute approximate surface area is 120 Å². The van der Waals surface area contributed by atoms with Crippen LogP contribution in [0.3, 0.4) is 0 Å². The summed E-state index contributed by atoms with van der Waals surface area (Å²) in [6.45, 7) is 5.29. The summed E-state index contributed by atoms with van der Waals surface area (Å²) in [4.78, 5) is 0. The summed E-state index contributed by atoms with van der Waals surface area (Å²) < 4.78 is 16.6. The molecule has 0 bridgehead atoms. The molecule has 0 amide bonds. The third-order valence-corrected chi connectivity index (χ3v) is 3.64. The van der Waals surface area contributed by atoms with Crippen molar-refractivity contribution in [3.63, 3.8) is 0 Å². The van der Waals surface area contributed by atoms with Gasteiger partial charge in [0.05, 0.1) is 19.3 Å². The van der Waals surface area contributed by atoms with Crippen LogP contribution in [-0.4, -0.2) is 43.7 Å². The Morgan fingerprint density at radius 3 is 2.65 bits per heavy atom. The van der Waals surface area contributed by atoms with Gasteiger partial charge in [-0.3, -0.25) is 0 Å². The van der Waals surface area contributed by atoms with E-state index < -0.39 is 6.10 Å². The maximum absolute atomic E-state index is 9.79. The summed E-state index contributed by atoms with van der Waals surface area (Å²) in [5, 5.41) is 9.79. The first-order chi connectivity index (χ1) is 9.63. The second kappa shape index (κ2) is 7.07. The molecule has 0 radical (unpaired) electrons. The zero-order valence-electron chi connectivity index (χ0n) is 12.4. The predicted molar refractivity (Wildman–Crippen MR) is 77.2 cm³/mol. The van der Waals surface area contributed by atoms with Gasteiger partial charge in [0.15, 0.2) is 0 Å². The van der Waals surface area contributed by atoms with E-state index in [1.807, 2.05) is 18.2 Å². The second-order valence-corrected chi connectivity index (χ2v) is 5.48. The molecule has 112 valence electrons. The number of hydrogen-bond donors (Lipinski definition) is 1. The smallest absolute Gasteiger partial charge is 0.130 e. The van der Waals surface area contributed by atoms with Gasteiger partial charge < -0.3 is 19.3 Å². The highest BCUT2D eigenvalue weighted by Crippen LogP contribution is 2.33. The van der Waals surface area contributed by atoms with Crippen molar-refractivity contribution in [1.29, 1.82) is 0 Å². The van der Waals surface area contributed by atoms with Gasteiger partial charge in [-0.1, -0.05) is 32.0 Å². The van der Waals surface area contributed by atoms with Gasteiger partial charge >= 0.3 is 0 Å². The standard InChI is InChI=1S/C16H24O4/c1-11(2)12-6-4-5-7-14(12)20-15-10-13(17)16(15)19-9-8-18-3/h4-7,11,13,15-17H,8-10H2,1-3H3. The Balaban J connectivity index is 1.96. The molecule has 0 saturated heterocycles. The number of rotatable bonds is 7. The third-order valence-electron chi connectivity index (χ3n) is 3.64. The largest absolute Gasteiger partial charge is 0.487 e. The SMILES string of the molecule is COCCOC1C(O)CC1Oc1ccccc1C(C)C. The molecule has 1 aromatic carbocycles. The lowest BCUT2D eigenvalue weighted by atomic mass is 9.87. The molecular formula is C16H24O4. The van der Waals surface area contributed by atoms with Crippen LogP contribution >= 0.6 is 0 Å². The molecule has 1 aliphatic carbocycles. The number of methoxy groups -OCH3 is 1. The summed E-state index contributed by atoms with van der Waals surface area (Å²) in [6, 6.07) is 8.05. The van der Waals surface area contributed by atoms with Crippen molar-refractivity contribution in [2.24, 2.45) is 0 Å². The first kappa shape index (κ1) is 15.3. The molecule has 20 heavy (non-hydrogen) atoms. The van der Waals surface area contributed by atoms with Crippen LogP contribution in [0.25, 0.3) is 0 Å². The lowest BCUT2D eigenvalue weighted by molar-refractivity contribution is -0.167. The third kappa shape index (κ3) is 3.51. The number of aliphatic hydroxyl groups is 1. The highest BCUT2D eigenvalue weighted by Gasteiger charge is 2.43. The molecule has 1 saturated carbocycles. The Morgan fingerprint density at radius 2 is 2.00 bits per heavy atom. The van der Waals surface area contributed by atoms with E-state index in [0.29, 0.717) is 25.6 Å². The van der Waals surface area contributed by atoms with Gasteiger partial charge in [0.25, 0.3) is 0 Å². The molecule has 4 heteroatoms. The van der Waals surface area contributed by atoms with E-state index in [9.17, 15) is 5.11 Å². The molecule has 1 aliphatic rings. The predicted octanol–water partition coefficient (Wildman–Crippen LogP) is 2.35. The molecule has 0 aliphatic heterocycles. The number of aliphatic hydroxyl groups excluding tert-OH is 1. The van der Waals surface area contributed by atoms with Crippen molar-refractivity contribution in [2.45, 2.75) is 44.5 Å². The number of hydrogen-bond acceptors (Lipinski definition) is 4. The van der Waals surface area contributed by atoms with Crippen LogP contribution in [-0.2, 0) is 9.47 Å². The lowest BCUT2D eigenvalue weighted by Gasteiger charge is -2.41. The minimum atomic E-state index is -0.442. The van der Waals surface area contributed by atoms with E-state index in [1.54, 1.807) is 7.11 Å². The van der Waals surface area contributed by atoms with Crippen molar-refractivity contribution >= 4 is 0 Å². The normalized spacial score (nSPS) is 25.6. The molecule has 0 heterocycles. The number of ether oxygens (including phenoxy) is 3. The molecule has 2 rings (SSSR count). The molecule has 3 atom stereocenters. The summed E-state index contributed by atoms with van der Waals surface area (Å²) in [7, 11) is 1.63. The minimum Gasteiger partial charge on any atom is -0.487 e. The van der Waals surface area contributed by atoms with E-state index in [1.165, 1.54) is 5.56 Å². The average Bonchev–Trinajstić information content (AvgIpc) is 2.43. The van der Waals surface area contributed by atoms with Crippen LogP contribution < -0.4 is 4.74 Å². The fourth-order valence-corrected chi connectivity index (χ4v) is 2.39. The Morgan fingerprint density at radius 1 is 1.25 bits per heavy atom. The van der Waals surface area contributed by atoms with Crippen molar-refractivity contribution in [1.82, 2.24) is 0 Å². The van der Waals surface area contributed by atoms with Crippen LogP contribution in [0.2, 0.25) is 0 Å². The first-order valence-corrected chi connectivity index (χ1v) is 7.17. The van der Waals surface area contributed by atoms with Crippen molar-refractivity contribution in [2.75, 3.05) is 20.3 Å². The number of para-hydroxylation sites is 1. The molecule has 0 aromatic heterocycles. The fraction of sp³-hybridized carbons (Fsp3) is 0.625. The first-order valence-electron chi connectivity index (χ1n) is 7.17. The van der Waals surface area contributed by atoms with Gasteiger partial charge in [-0.05, 0) is 17.5 Å². The molecule has 4 nitrogen and oxygen atoms in total. The second-order valence-electron chi connectivity index (χ2n) is 5.48. The quantitative estimate of drug-likeness (QED) is 0.779. The maximum atomic E-state index is 9.79. The topological polar surface area (TPSA) is 47.9 Å². The molecule has 3 unspecified atom stereocenters. The Hall–Kier alpha value is -1.10. The molecule has 1 N–H and O–H groups in total. The Bertz CT molecular complexity index is 419. The van der Waals surface area contributed by atoms with E-state index >= 15 is 0 Å². The summed E-state index contributed by atoms with van der Waals surface area (Å²) in [5.41, 5.74) is 1.18. The summed E-state index contributed by atoms with van der Waals surface area (Å²) >= 11 is 0. The van der Waals surface area contributed by atoms with Crippen LogP contribution in [0.15, 0.2) is 24.3 Å². The van der Waals surface area contributed by atoms with Gasteiger partial charge in [-0.15, -0.1) is 0 Å². The molecule has 1 fully saturated rings. The average molecular weight is 280 g/mol. The highest BCUT2D eigenvalue weighted by atomic mass is 16.6. The zero-order chi connectivity index (χ0) is 14.5. The summed E-state index contributed by atoms with van der Waals surface area (Å²) in [5.74, 6) is 1.30. The van der Waals surface area contributed by atoms with Gasteiger partial charge in [0.1, 0.15) is 18.0 Å². The Kier molecular flexibility index (Phi) is 5.40. The van der Waals surface area contributed by atoms with Crippen molar-refractivity contribution in [3.05, 3.63) is 29.8 Å². The van der Waals surface area contributed by atoms with E-state index in [0.717, 1.165) is 5.75 Å². The maximum Gasteiger partial charge on any atom is 0.130 e. The minimum absolute atomic E-state index is 0.0817. The molecule has 1 aromatic rings. The highest BCUT2D eigenvalue weighted by molar-refractivity contribution is 5.36. The lowest BCUT2D eigenvalue weighted by Crippen LogP contribution is -2.55. The number of benzene rings is 1. The van der Waals surface area contributed by atoms with Crippen LogP contribution in [0, 0.1) is 0 Å². The van der Waals surface area contributed by atoms with E-state index in [4.69, 9.17) is 14.2 Å². The molecular weight excluding hydrogens is 256 g/mol. The van der Waals surface area contributed by atoms with Gasteiger partial charge in [-0.25, -0.2) is 0 Å². The summed E-state index contributed by atoms with van der Waals surface area (Å²) in [6.07, 6.45) is -0.167. The monoisotopic (exact) mass is 280 g/mol. The van der Waals surface area contributed by atoms with E-state index in [2.05, 4.69) is 19.9 Å². The van der Waals surface area contributed by atoms with Crippen molar-refractivity contribution in [3.8, 4) is 5.75 Å². The zero-order valence-corrected chi connectivity index (χ0v) is 12.4. The van der Waals surface area contributed by atoms with Gasteiger partial charge in [-0.2, -0.15) is 0 Å². The molecule has 0 spiro atoms. The fourth-order valence-electron chi connectivity index (χ4n) is 2.39. The van der Waals surface area contributed by atoms with Crippen molar-refractivity contribution < 1.29 is 19.3 Å². The van der Waals surface area contributed by atoms with Crippen LogP contribution in [0.1, 0.15) is 31.7 Å². The van der Waals surface area contributed by atoms with E-state index in [-0.39, 0.29) is 12.2 Å².